The first-order valence-corrected chi connectivity index (χ1v) is 6.66. The van der Waals surface area contributed by atoms with Crippen molar-refractivity contribution in [3.63, 3.8) is 0 Å². The maximum Gasteiger partial charge on any atom is 0.255 e. The predicted molar refractivity (Wildman–Crippen MR) is 72.2 cm³/mol. The molecule has 1 aromatic carbocycles. The lowest BCUT2D eigenvalue weighted by Gasteiger charge is -2.32. The van der Waals surface area contributed by atoms with Crippen LogP contribution >= 0.6 is 15.9 Å². The summed E-state index contributed by atoms with van der Waals surface area (Å²) in [5.74, 6) is 0.119. The molecule has 1 atom stereocenters. The molecule has 1 fully saturated rings. The smallest absolute Gasteiger partial charge is 0.255 e. The topological polar surface area (TPSA) is 32.3 Å². The van der Waals surface area contributed by atoms with Crippen LogP contribution in [0.15, 0.2) is 22.7 Å². The van der Waals surface area contributed by atoms with Crippen LogP contribution in [0, 0.1) is 6.92 Å². The number of nitrogens with one attached hydrogen (secondary N) is 1. The SMILES string of the molecule is Cc1ccc(Br)c(C(=O)N2CCN[C@H](C)C2)c1. The number of carbonyl (C=O) groups is 1. The van der Waals surface area contributed by atoms with Gasteiger partial charge in [0.2, 0.25) is 0 Å². The molecule has 1 amide bonds. The van der Waals surface area contributed by atoms with E-state index in [9.17, 15) is 4.79 Å². The van der Waals surface area contributed by atoms with Crippen LogP contribution in [0.3, 0.4) is 0 Å². The molecule has 92 valence electrons. The highest BCUT2D eigenvalue weighted by molar-refractivity contribution is 9.10. The van der Waals surface area contributed by atoms with Crippen LogP contribution < -0.4 is 5.32 Å². The van der Waals surface area contributed by atoms with E-state index in [0.717, 1.165) is 35.2 Å². The lowest BCUT2D eigenvalue weighted by atomic mass is 10.1. The summed E-state index contributed by atoms with van der Waals surface area (Å²) in [4.78, 5) is 14.3. The molecular weight excluding hydrogens is 280 g/mol. The van der Waals surface area contributed by atoms with Gasteiger partial charge in [0.1, 0.15) is 0 Å². The molecule has 0 aliphatic carbocycles. The molecule has 17 heavy (non-hydrogen) atoms. The standard InChI is InChI=1S/C13H17BrN2O/c1-9-3-4-12(14)11(7-9)13(17)16-6-5-15-10(2)8-16/h3-4,7,10,15H,5-6,8H2,1-2H3/t10-/m1/s1. The molecule has 1 aromatic rings. The summed E-state index contributed by atoms with van der Waals surface area (Å²) >= 11 is 3.45. The van der Waals surface area contributed by atoms with Crippen molar-refractivity contribution in [2.45, 2.75) is 19.9 Å². The number of carbonyl (C=O) groups excluding carboxylic acids is 1. The minimum Gasteiger partial charge on any atom is -0.336 e. The molecule has 3 nitrogen and oxygen atoms in total. The van der Waals surface area contributed by atoms with Crippen LogP contribution in [0.4, 0.5) is 0 Å². The summed E-state index contributed by atoms with van der Waals surface area (Å²) in [5, 5.41) is 3.34. The van der Waals surface area contributed by atoms with E-state index in [2.05, 4.69) is 28.2 Å². The Morgan fingerprint density at radius 1 is 1.53 bits per heavy atom. The lowest BCUT2D eigenvalue weighted by molar-refractivity contribution is 0.0708. The average Bonchev–Trinajstić information content (AvgIpc) is 2.31. The summed E-state index contributed by atoms with van der Waals surface area (Å²) in [6.07, 6.45) is 0. The van der Waals surface area contributed by atoms with Gasteiger partial charge in [0.05, 0.1) is 5.56 Å². The second-order valence-electron chi connectivity index (χ2n) is 4.59. The first-order chi connectivity index (χ1) is 8.08. The molecule has 2 rings (SSSR count). The average molecular weight is 297 g/mol. The second-order valence-corrected chi connectivity index (χ2v) is 5.44. The molecule has 0 unspecified atom stereocenters. The molecule has 1 saturated heterocycles. The van der Waals surface area contributed by atoms with E-state index in [4.69, 9.17) is 0 Å². The van der Waals surface area contributed by atoms with Gasteiger partial charge in [-0.05, 0) is 41.9 Å². The zero-order chi connectivity index (χ0) is 12.4. The van der Waals surface area contributed by atoms with Crippen molar-refractivity contribution in [3.8, 4) is 0 Å². The number of benzene rings is 1. The second kappa shape index (κ2) is 5.19. The van der Waals surface area contributed by atoms with E-state index in [-0.39, 0.29) is 5.91 Å². The minimum atomic E-state index is 0.119. The van der Waals surface area contributed by atoms with Gasteiger partial charge in [-0.15, -0.1) is 0 Å². The molecule has 1 aliphatic heterocycles. The largest absolute Gasteiger partial charge is 0.336 e. The predicted octanol–water partition coefficient (Wildman–Crippen LogP) is 2.19. The first kappa shape index (κ1) is 12.6. The third-order valence-corrected chi connectivity index (χ3v) is 3.70. The summed E-state index contributed by atoms with van der Waals surface area (Å²) in [6.45, 7) is 6.54. The van der Waals surface area contributed by atoms with Crippen molar-refractivity contribution in [3.05, 3.63) is 33.8 Å². The number of hydrogen-bond donors (Lipinski definition) is 1. The highest BCUT2D eigenvalue weighted by Crippen LogP contribution is 2.20. The zero-order valence-electron chi connectivity index (χ0n) is 10.2. The Bertz CT molecular complexity index is 433. The Morgan fingerprint density at radius 2 is 2.29 bits per heavy atom. The normalized spacial score (nSPS) is 20.4. The first-order valence-electron chi connectivity index (χ1n) is 5.87. The van der Waals surface area contributed by atoms with Gasteiger partial charge in [0.25, 0.3) is 5.91 Å². The van der Waals surface area contributed by atoms with Gasteiger partial charge in [-0.25, -0.2) is 0 Å². The van der Waals surface area contributed by atoms with Gasteiger partial charge in [0.15, 0.2) is 0 Å². The number of hydrogen-bond acceptors (Lipinski definition) is 2. The Kier molecular flexibility index (Phi) is 3.84. The van der Waals surface area contributed by atoms with Gasteiger partial charge in [-0.1, -0.05) is 11.6 Å². The van der Waals surface area contributed by atoms with Crippen LogP contribution in [0.2, 0.25) is 0 Å². The van der Waals surface area contributed by atoms with Gasteiger partial charge in [0, 0.05) is 30.1 Å². The van der Waals surface area contributed by atoms with Gasteiger partial charge in [-0.3, -0.25) is 4.79 Å². The minimum absolute atomic E-state index is 0.119. The van der Waals surface area contributed by atoms with E-state index >= 15 is 0 Å². The molecule has 1 heterocycles. The van der Waals surface area contributed by atoms with Crippen LogP contribution in [0.1, 0.15) is 22.8 Å². The quantitative estimate of drug-likeness (QED) is 0.862. The highest BCUT2D eigenvalue weighted by Gasteiger charge is 2.22. The van der Waals surface area contributed by atoms with Crippen LogP contribution in [-0.4, -0.2) is 36.5 Å². The maximum atomic E-state index is 12.4. The van der Waals surface area contributed by atoms with Crippen LogP contribution in [-0.2, 0) is 0 Å². The van der Waals surface area contributed by atoms with Crippen molar-refractivity contribution in [2.75, 3.05) is 19.6 Å². The van der Waals surface area contributed by atoms with Gasteiger partial charge >= 0.3 is 0 Å². The molecule has 4 heteroatoms. The van der Waals surface area contributed by atoms with Crippen molar-refractivity contribution < 1.29 is 4.79 Å². The fourth-order valence-corrected chi connectivity index (χ4v) is 2.51. The van der Waals surface area contributed by atoms with Gasteiger partial charge < -0.3 is 10.2 Å². The number of aryl methyl sites for hydroxylation is 1. The number of rotatable bonds is 1. The number of amides is 1. The van der Waals surface area contributed by atoms with Crippen LogP contribution in [0.5, 0.6) is 0 Å². The number of nitrogens with zero attached hydrogens (tertiary/aromatic N) is 1. The highest BCUT2D eigenvalue weighted by atomic mass is 79.9. The van der Waals surface area contributed by atoms with Crippen molar-refractivity contribution in [1.29, 1.82) is 0 Å². The molecule has 1 N–H and O–H groups in total. The van der Waals surface area contributed by atoms with Gasteiger partial charge in [-0.2, -0.15) is 0 Å². The summed E-state index contributed by atoms with van der Waals surface area (Å²) < 4.78 is 0.874. The van der Waals surface area contributed by atoms with Crippen molar-refractivity contribution in [1.82, 2.24) is 10.2 Å². The molecular formula is C13H17BrN2O. The fourth-order valence-electron chi connectivity index (χ4n) is 2.09. The Hall–Kier alpha value is -0.870. The van der Waals surface area contributed by atoms with E-state index in [1.807, 2.05) is 30.0 Å². The molecule has 0 aromatic heterocycles. The molecule has 0 bridgehead atoms. The van der Waals surface area contributed by atoms with E-state index in [1.54, 1.807) is 0 Å². The summed E-state index contributed by atoms with van der Waals surface area (Å²) in [6, 6.07) is 6.26. The monoisotopic (exact) mass is 296 g/mol. The Labute approximate surface area is 110 Å². The Balaban J connectivity index is 2.21. The fraction of sp³-hybridized carbons (Fsp3) is 0.462. The number of halogens is 1. The van der Waals surface area contributed by atoms with Crippen molar-refractivity contribution >= 4 is 21.8 Å². The third kappa shape index (κ3) is 2.87. The lowest BCUT2D eigenvalue weighted by Crippen LogP contribution is -2.51. The van der Waals surface area contributed by atoms with E-state index < -0.39 is 0 Å². The van der Waals surface area contributed by atoms with E-state index in [1.165, 1.54) is 0 Å². The Morgan fingerprint density at radius 3 is 3.00 bits per heavy atom. The summed E-state index contributed by atoms with van der Waals surface area (Å²) in [7, 11) is 0. The molecule has 0 saturated carbocycles. The molecule has 1 aliphatic rings. The third-order valence-electron chi connectivity index (χ3n) is 3.01. The molecule has 0 spiro atoms. The number of piperazine rings is 1. The maximum absolute atomic E-state index is 12.4. The van der Waals surface area contributed by atoms with Crippen molar-refractivity contribution in [2.24, 2.45) is 0 Å². The van der Waals surface area contributed by atoms with E-state index in [0.29, 0.717) is 6.04 Å². The molecule has 0 radical (unpaired) electrons. The zero-order valence-corrected chi connectivity index (χ0v) is 11.8. The van der Waals surface area contributed by atoms with Crippen LogP contribution in [0.25, 0.3) is 0 Å². The summed E-state index contributed by atoms with van der Waals surface area (Å²) in [5.41, 5.74) is 1.87.